The second kappa shape index (κ2) is 4.43. The van der Waals surface area contributed by atoms with Gasteiger partial charge in [-0.3, -0.25) is 4.79 Å². The van der Waals surface area contributed by atoms with Gasteiger partial charge in [-0.05, 0) is 25.5 Å². The van der Waals surface area contributed by atoms with Crippen molar-refractivity contribution in [1.82, 2.24) is 0 Å². The Morgan fingerprint density at radius 1 is 1.41 bits per heavy atom. The number of rotatable bonds is 2. The number of benzene rings is 1. The van der Waals surface area contributed by atoms with E-state index >= 15 is 0 Å². The summed E-state index contributed by atoms with van der Waals surface area (Å²) in [6, 6.07) is 6.89. The Hall–Kier alpha value is -1.45. The number of halogens is 2. The van der Waals surface area contributed by atoms with Gasteiger partial charge < -0.3 is 4.90 Å². The zero-order valence-corrected chi connectivity index (χ0v) is 9.75. The van der Waals surface area contributed by atoms with E-state index in [1.807, 2.05) is 0 Å². The maximum atomic E-state index is 13.3. The molecule has 0 radical (unpaired) electrons. The fraction of sp³-hybridized carbons (Fsp3) is 0.462. The molecule has 1 aromatic carbocycles. The topological polar surface area (TPSA) is 20.3 Å². The van der Waals surface area contributed by atoms with Gasteiger partial charge in [-0.1, -0.05) is 12.1 Å². The average Bonchev–Trinajstić information content (AvgIpc) is 2.28. The highest BCUT2D eigenvalue weighted by atomic mass is 19.3. The number of nitrogens with zero attached hydrogens (tertiary/aromatic N) is 1. The third kappa shape index (κ3) is 2.81. The highest BCUT2D eigenvalue weighted by Gasteiger charge is 2.35. The fourth-order valence-electron chi connectivity index (χ4n) is 2.11. The average molecular weight is 239 g/mol. The number of carbonyl (C=O) groups excluding carboxylic acids is 1. The summed E-state index contributed by atoms with van der Waals surface area (Å²) in [5.41, 5.74) is 1.27. The van der Waals surface area contributed by atoms with Crippen LogP contribution in [0.15, 0.2) is 24.3 Å². The predicted molar refractivity (Wildman–Crippen MR) is 62.8 cm³/mol. The maximum Gasteiger partial charge on any atom is 0.265 e. The van der Waals surface area contributed by atoms with Gasteiger partial charge in [0.2, 0.25) is 0 Å². The minimum Gasteiger partial charge on any atom is -0.365 e. The molecule has 2 rings (SSSR count). The van der Waals surface area contributed by atoms with E-state index in [-0.39, 0.29) is 18.7 Å². The molecule has 0 atom stereocenters. The van der Waals surface area contributed by atoms with Crippen molar-refractivity contribution < 1.29 is 13.6 Å². The second-order valence-electron chi connectivity index (χ2n) is 4.49. The molecule has 1 aliphatic rings. The second-order valence-corrected chi connectivity index (χ2v) is 4.49. The molecule has 0 amide bonds. The van der Waals surface area contributed by atoms with E-state index in [9.17, 15) is 13.6 Å². The molecule has 2 nitrogen and oxygen atoms in total. The number of anilines is 1. The van der Waals surface area contributed by atoms with Crippen LogP contribution in [0.2, 0.25) is 0 Å². The van der Waals surface area contributed by atoms with Crippen molar-refractivity contribution in [3.05, 3.63) is 29.8 Å². The normalized spacial score (nSPS) is 19.1. The van der Waals surface area contributed by atoms with E-state index < -0.39 is 5.92 Å². The Balaban J connectivity index is 2.22. The van der Waals surface area contributed by atoms with E-state index in [0.717, 1.165) is 0 Å². The lowest BCUT2D eigenvalue weighted by Crippen LogP contribution is -2.42. The van der Waals surface area contributed by atoms with Gasteiger partial charge in [0.25, 0.3) is 5.92 Å². The summed E-state index contributed by atoms with van der Waals surface area (Å²) < 4.78 is 26.6. The van der Waals surface area contributed by atoms with Crippen LogP contribution in [0.25, 0.3) is 0 Å². The smallest absolute Gasteiger partial charge is 0.265 e. The van der Waals surface area contributed by atoms with Gasteiger partial charge in [0.15, 0.2) is 5.78 Å². The first-order chi connectivity index (χ1) is 7.98. The van der Waals surface area contributed by atoms with Crippen molar-refractivity contribution in [3.63, 3.8) is 0 Å². The van der Waals surface area contributed by atoms with E-state index in [2.05, 4.69) is 0 Å². The van der Waals surface area contributed by atoms with Gasteiger partial charge in [-0.15, -0.1) is 0 Å². The van der Waals surface area contributed by atoms with Crippen LogP contribution in [-0.4, -0.2) is 24.8 Å². The van der Waals surface area contributed by atoms with E-state index in [4.69, 9.17) is 0 Å². The largest absolute Gasteiger partial charge is 0.365 e. The molecule has 0 N–H and O–H groups in total. The third-order valence-electron chi connectivity index (χ3n) is 3.01. The highest BCUT2D eigenvalue weighted by molar-refractivity contribution is 5.94. The molecule has 1 fully saturated rings. The highest BCUT2D eigenvalue weighted by Crippen LogP contribution is 2.30. The van der Waals surface area contributed by atoms with Crippen LogP contribution < -0.4 is 4.90 Å². The maximum absolute atomic E-state index is 13.3. The summed E-state index contributed by atoms with van der Waals surface area (Å²) in [5.74, 6) is -2.67. The number of piperidine rings is 1. The molecule has 4 heteroatoms. The molecule has 92 valence electrons. The van der Waals surface area contributed by atoms with E-state index in [1.165, 1.54) is 6.92 Å². The van der Waals surface area contributed by atoms with E-state index in [1.54, 1.807) is 29.2 Å². The van der Waals surface area contributed by atoms with Crippen molar-refractivity contribution in [2.45, 2.75) is 25.7 Å². The summed E-state index contributed by atoms with van der Waals surface area (Å²) in [6.07, 6.45) is 0.438. The Labute approximate surface area is 99.2 Å². The first-order valence-corrected chi connectivity index (χ1v) is 5.72. The molecular formula is C13H15F2NO. The van der Waals surface area contributed by atoms with Gasteiger partial charge in [0, 0.05) is 24.2 Å². The molecular weight excluding hydrogens is 224 g/mol. The monoisotopic (exact) mass is 239 g/mol. The first-order valence-electron chi connectivity index (χ1n) is 5.72. The lowest BCUT2D eigenvalue weighted by atomic mass is 10.1. The van der Waals surface area contributed by atoms with Crippen LogP contribution in [0.5, 0.6) is 0 Å². The molecule has 17 heavy (non-hydrogen) atoms. The van der Waals surface area contributed by atoms with Crippen molar-refractivity contribution >= 4 is 11.5 Å². The van der Waals surface area contributed by atoms with E-state index in [0.29, 0.717) is 24.2 Å². The number of alkyl halides is 2. The standard InChI is InChI=1S/C13H15F2NO/c1-10(17)11-4-2-5-12(8-11)16-7-3-6-13(14,15)9-16/h2,4-5,8H,3,6-7,9H2,1H3. The van der Waals surface area contributed by atoms with Crippen molar-refractivity contribution in [3.8, 4) is 0 Å². The molecule has 1 aliphatic heterocycles. The Kier molecular flexibility index (Phi) is 3.13. The Morgan fingerprint density at radius 2 is 2.18 bits per heavy atom. The van der Waals surface area contributed by atoms with Crippen molar-refractivity contribution in [2.75, 3.05) is 18.0 Å². The summed E-state index contributed by atoms with van der Waals surface area (Å²) in [6.45, 7) is 1.84. The minimum atomic E-state index is -2.62. The summed E-state index contributed by atoms with van der Waals surface area (Å²) >= 11 is 0. The van der Waals surface area contributed by atoms with Crippen LogP contribution in [0.1, 0.15) is 30.1 Å². The molecule has 0 spiro atoms. The zero-order chi connectivity index (χ0) is 12.5. The number of Topliss-reactive ketones (excluding diaryl/α,β-unsaturated/α-hetero) is 1. The van der Waals surface area contributed by atoms with Crippen LogP contribution in [0, 0.1) is 0 Å². The van der Waals surface area contributed by atoms with Gasteiger partial charge in [-0.2, -0.15) is 0 Å². The predicted octanol–water partition coefficient (Wildman–Crippen LogP) is 3.12. The van der Waals surface area contributed by atoms with Crippen LogP contribution in [0.4, 0.5) is 14.5 Å². The molecule has 0 saturated carbocycles. The number of carbonyl (C=O) groups is 1. The van der Waals surface area contributed by atoms with Crippen LogP contribution in [-0.2, 0) is 0 Å². The summed E-state index contributed by atoms with van der Waals surface area (Å²) in [4.78, 5) is 12.9. The third-order valence-corrected chi connectivity index (χ3v) is 3.01. The summed E-state index contributed by atoms with van der Waals surface area (Å²) in [5, 5.41) is 0. The van der Waals surface area contributed by atoms with Gasteiger partial charge in [-0.25, -0.2) is 8.78 Å². The first kappa shape index (κ1) is 12.0. The lowest BCUT2D eigenvalue weighted by molar-refractivity contribution is -0.0116. The van der Waals surface area contributed by atoms with Crippen LogP contribution in [0.3, 0.4) is 0 Å². The Bertz CT molecular complexity index is 431. The Morgan fingerprint density at radius 3 is 2.82 bits per heavy atom. The molecule has 0 aliphatic carbocycles. The van der Waals surface area contributed by atoms with Gasteiger partial charge in [0.1, 0.15) is 0 Å². The van der Waals surface area contributed by atoms with Gasteiger partial charge >= 0.3 is 0 Å². The van der Waals surface area contributed by atoms with Crippen LogP contribution >= 0.6 is 0 Å². The number of ketones is 1. The van der Waals surface area contributed by atoms with Gasteiger partial charge in [0.05, 0.1) is 6.54 Å². The minimum absolute atomic E-state index is 0.0457. The zero-order valence-electron chi connectivity index (χ0n) is 9.75. The quantitative estimate of drug-likeness (QED) is 0.739. The molecule has 0 unspecified atom stereocenters. The lowest BCUT2D eigenvalue weighted by Gasteiger charge is -2.34. The molecule has 1 aromatic rings. The van der Waals surface area contributed by atoms with Crippen molar-refractivity contribution in [1.29, 1.82) is 0 Å². The van der Waals surface area contributed by atoms with Crippen molar-refractivity contribution in [2.24, 2.45) is 0 Å². The molecule has 0 bridgehead atoms. The molecule has 0 aromatic heterocycles. The molecule has 1 heterocycles. The fourth-order valence-corrected chi connectivity index (χ4v) is 2.11. The summed E-state index contributed by atoms with van der Waals surface area (Å²) in [7, 11) is 0. The molecule has 1 saturated heterocycles. The SMILES string of the molecule is CC(=O)c1cccc(N2CCCC(F)(F)C2)c1. The number of hydrogen-bond acceptors (Lipinski definition) is 2. The number of hydrogen-bond donors (Lipinski definition) is 0.